The van der Waals surface area contributed by atoms with Crippen molar-refractivity contribution in [2.45, 2.75) is 88.8 Å². The molecule has 0 spiro atoms. The van der Waals surface area contributed by atoms with Crippen molar-refractivity contribution < 1.29 is 9.59 Å². The fourth-order valence-corrected chi connectivity index (χ4v) is 7.75. The predicted molar refractivity (Wildman–Crippen MR) is 123 cm³/mol. The minimum Gasteiger partial charge on any atom is -0.351 e. The molecule has 33 heavy (non-hydrogen) atoms. The number of aromatic nitrogens is 4. The van der Waals surface area contributed by atoms with Crippen LogP contribution in [-0.2, 0) is 4.79 Å². The first kappa shape index (κ1) is 20.9. The minimum atomic E-state index is -0.0599. The standard InChI is InChI=1S/C25H34N6O2/c1-16(32)29-25-12-17-10-18(13-25)22(19(11-17)14-25)28-23(33)21-15-27-31(20-6-3-2-4-7-20)24(21)30-9-5-8-26-30/h5,8-9,15,17-20,22H,2-4,6-7,10-14H2,1H3,(H,28,33)(H,29,32). The maximum Gasteiger partial charge on any atom is 0.256 e. The molecular formula is C25H34N6O2. The molecule has 0 aliphatic heterocycles. The van der Waals surface area contributed by atoms with Gasteiger partial charge in [-0.15, -0.1) is 0 Å². The molecular weight excluding hydrogens is 416 g/mol. The summed E-state index contributed by atoms with van der Waals surface area (Å²) in [4.78, 5) is 25.5. The van der Waals surface area contributed by atoms with E-state index < -0.39 is 0 Å². The van der Waals surface area contributed by atoms with Crippen LogP contribution in [-0.4, -0.2) is 43.0 Å². The Morgan fingerprint density at radius 1 is 1.06 bits per heavy atom. The third-order valence-corrected chi connectivity index (χ3v) is 8.67. The van der Waals surface area contributed by atoms with Crippen molar-refractivity contribution in [1.82, 2.24) is 30.2 Å². The van der Waals surface area contributed by atoms with Crippen LogP contribution in [0.5, 0.6) is 0 Å². The number of amides is 2. The summed E-state index contributed by atoms with van der Waals surface area (Å²) in [5.41, 5.74) is 0.546. The van der Waals surface area contributed by atoms with Crippen molar-refractivity contribution in [3.05, 3.63) is 30.2 Å². The second-order valence-corrected chi connectivity index (χ2v) is 11.0. The smallest absolute Gasteiger partial charge is 0.256 e. The van der Waals surface area contributed by atoms with Crippen LogP contribution in [0.2, 0.25) is 0 Å². The molecule has 2 N–H and O–H groups in total. The van der Waals surface area contributed by atoms with Crippen molar-refractivity contribution in [3.8, 4) is 5.82 Å². The number of carbonyl (C=O) groups is 2. The quantitative estimate of drug-likeness (QED) is 0.730. The first-order valence-corrected chi connectivity index (χ1v) is 12.7. The molecule has 8 nitrogen and oxygen atoms in total. The maximum absolute atomic E-state index is 13.6. The van der Waals surface area contributed by atoms with Crippen LogP contribution >= 0.6 is 0 Å². The number of nitrogens with zero attached hydrogens (tertiary/aromatic N) is 4. The van der Waals surface area contributed by atoms with Gasteiger partial charge in [0.25, 0.3) is 5.91 Å². The van der Waals surface area contributed by atoms with E-state index in [0.717, 1.165) is 50.8 Å². The lowest BCUT2D eigenvalue weighted by Crippen LogP contribution is -2.66. The molecule has 2 atom stereocenters. The van der Waals surface area contributed by atoms with Crippen LogP contribution < -0.4 is 10.6 Å². The summed E-state index contributed by atoms with van der Waals surface area (Å²) in [6.45, 7) is 1.62. The highest BCUT2D eigenvalue weighted by Crippen LogP contribution is 2.55. The lowest BCUT2D eigenvalue weighted by molar-refractivity contribution is -0.125. The van der Waals surface area contributed by atoms with E-state index in [2.05, 4.69) is 15.7 Å². The molecule has 0 aromatic carbocycles. The van der Waals surface area contributed by atoms with Crippen molar-refractivity contribution in [3.63, 3.8) is 0 Å². The first-order valence-electron chi connectivity index (χ1n) is 12.7. The summed E-state index contributed by atoms with van der Waals surface area (Å²) in [6.07, 6.45) is 16.6. The second-order valence-electron chi connectivity index (χ2n) is 11.0. The Hall–Kier alpha value is -2.64. The molecule has 0 saturated heterocycles. The van der Waals surface area contributed by atoms with E-state index in [1.54, 1.807) is 24.0 Å². The lowest BCUT2D eigenvalue weighted by atomic mass is 9.51. The zero-order chi connectivity index (χ0) is 22.6. The monoisotopic (exact) mass is 450 g/mol. The summed E-state index contributed by atoms with van der Waals surface area (Å²) in [5.74, 6) is 2.31. The van der Waals surface area contributed by atoms with Crippen LogP contribution in [0.3, 0.4) is 0 Å². The van der Waals surface area contributed by atoms with E-state index in [1.807, 2.05) is 16.9 Å². The lowest BCUT2D eigenvalue weighted by Gasteiger charge is -2.60. The summed E-state index contributed by atoms with van der Waals surface area (Å²) >= 11 is 0. The molecule has 4 bridgehead atoms. The van der Waals surface area contributed by atoms with Gasteiger partial charge in [0.2, 0.25) is 5.91 Å². The average molecular weight is 451 g/mol. The van der Waals surface area contributed by atoms with Crippen molar-refractivity contribution in [1.29, 1.82) is 0 Å². The molecule has 2 amide bonds. The Bertz CT molecular complexity index is 1020. The molecule has 5 aliphatic rings. The van der Waals surface area contributed by atoms with Gasteiger partial charge in [-0.2, -0.15) is 10.2 Å². The number of rotatable bonds is 5. The van der Waals surface area contributed by atoms with E-state index in [1.165, 1.54) is 19.3 Å². The Morgan fingerprint density at radius 3 is 2.48 bits per heavy atom. The molecule has 2 unspecified atom stereocenters. The Labute approximate surface area is 194 Å². The van der Waals surface area contributed by atoms with Gasteiger partial charge in [-0.1, -0.05) is 19.3 Å². The highest BCUT2D eigenvalue weighted by atomic mass is 16.2. The fourth-order valence-electron chi connectivity index (χ4n) is 7.75. The number of nitrogens with one attached hydrogen (secondary N) is 2. The SMILES string of the molecule is CC(=O)NC12CC3CC(C1)C(NC(=O)c1cnn(C4CCCCC4)c1-n1cccn1)C(C3)C2. The Balaban J connectivity index is 1.26. The van der Waals surface area contributed by atoms with E-state index in [-0.39, 0.29) is 23.4 Å². The van der Waals surface area contributed by atoms with Gasteiger partial charge in [0, 0.05) is 30.9 Å². The Kier molecular flexibility index (Phi) is 5.07. The number of carbonyl (C=O) groups excluding carboxylic acids is 2. The number of hydrogen-bond acceptors (Lipinski definition) is 4. The molecule has 5 aliphatic carbocycles. The van der Waals surface area contributed by atoms with Crippen LogP contribution in [0.15, 0.2) is 24.7 Å². The molecule has 5 fully saturated rings. The van der Waals surface area contributed by atoms with E-state index in [9.17, 15) is 9.59 Å². The van der Waals surface area contributed by atoms with Crippen LogP contribution in [0.25, 0.3) is 5.82 Å². The van der Waals surface area contributed by atoms with Crippen LogP contribution in [0.1, 0.15) is 87.5 Å². The van der Waals surface area contributed by atoms with Crippen LogP contribution in [0.4, 0.5) is 0 Å². The molecule has 2 aromatic rings. The van der Waals surface area contributed by atoms with E-state index >= 15 is 0 Å². The topological polar surface area (TPSA) is 93.8 Å². The normalized spacial score (nSPS) is 33.2. The zero-order valence-electron chi connectivity index (χ0n) is 19.4. The highest BCUT2D eigenvalue weighted by molar-refractivity contribution is 5.97. The van der Waals surface area contributed by atoms with E-state index in [0.29, 0.717) is 29.4 Å². The molecule has 2 aromatic heterocycles. The summed E-state index contributed by atoms with van der Waals surface area (Å²) in [5, 5.41) is 15.8. The molecule has 5 saturated carbocycles. The minimum absolute atomic E-state index is 0.0476. The third kappa shape index (κ3) is 3.67. The molecule has 8 heteroatoms. The summed E-state index contributed by atoms with van der Waals surface area (Å²) in [7, 11) is 0. The molecule has 7 rings (SSSR count). The summed E-state index contributed by atoms with van der Waals surface area (Å²) in [6, 6.07) is 2.37. The van der Waals surface area contributed by atoms with E-state index in [4.69, 9.17) is 5.10 Å². The van der Waals surface area contributed by atoms with Gasteiger partial charge >= 0.3 is 0 Å². The summed E-state index contributed by atoms with van der Waals surface area (Å²) < 4.78 is 3.82. The largest absolute Gasteiger partial charge is 0.351 e. The van der Waals surface area contributed by atoms with Gasteiger partial charge in [-0.25, -0.2) is 9.36 Å². The molecule has 0 radical (unpaired) electrons. The van der Waals surface area contributed by atoms with Crippen molar-refractivity contribution in [2.75, 3.05) is 0 Å². The van der Waals surface area contributed by atoms with Crippen molar-refractivity contribution in [2.24, 2.45) is 17.8 Å². The number of hydrogen-bond donors (Lipinski definition) is 2. The van der Waals surface area contributed by atoms with Gasteiger partial charge in [-0.3, -0.25) is 9.59 Å². The van der Waals surface area contributed by atoms with Gasteiger partial charge in [0.1, 0.15) is 5.56 Å². The molecule has 176 valence electrons. The van der Waals surface area contributed by atoms with Crippen LogP contribution in [0, 0.1) is 17.8 Å². The Morgan fingerprint density at radius 2 is 1.82 bits per heavy atom. The molecule has 2 heterocycles. The maximum atomic E-state index is 13.6. The third-order valence-electron chi connectivity index (χ3n) is 8.67. The average Bonchev–Trinajstić information content (AvgIpc) is 3.45. The second kappa shape index (κ2) is 7.99. The van der Waals surface area contributed by atoms with Gasteiger partial charge < -0.3 is 10.6 Å². The predicted octanol–water partition coefficient (Wildman–Crippen LogP) is 3.39. The fraction of sp³-hybridized carbons (Fsp3) is 0.680. The van der Waals surface area contributed by atoms with Crippen molar-refractivity contribution >= 4 is 11.8 Å². The zero-order valence-corrected chi connectivity index (χ0v) is 19.4. The van der Waals surface area contributed by atoms with Gasteiger partial charge in [-0.05, 0) is 68.8 Å². The van der Waals surface area contributed by atoms with Gasteiger partial charge in [0.15, 0.2) is 5.82 Å². The highest BCUT2D eigenvalue weighted by Gasteiger charge is 2.56. The first-order chi connectivity index (χ1) is 16.0. The van der Waals surface area contributed by atoms with Gasteiger partial charge in [0.05, 0.1) is 12.2 Å².